The number of sulfonamides is 1. The van der Waals surface area contributed by atoms with Crippen molar-refractivity contribution in [2.75, 3.05) is 18.4 Å². The van der Waals surface area contributed by atoms with Crippen LogP contribution in [0.2, 0.25) is 0 Å². The van der Waals surface area contributed by atoms with Gasteiger partial charge in [0.15, 0.2) is 0 Å². The van der Waals surface area contributed by atoms with Crippen LogP contribution in [-0.2, 0) is 14.8 Å². The van der Waals surface area contributed by atoms with Gasteiger partial charge in [0.25, 0.3) is 0 Å². The van der Waals surface area contributed by atoms with E-state index in [9.17, 15) is 13.2 Å². The Hall–Kier alpha value is -1.60. The Bertz CT molecular complexity index is 529. The molecule has 0 spiro atoms. The molecule has 1 rings (SSSR count). The van der Waals surface area contributed by atoms with Crippen LogP contribution in [0.1, 0.15) is 19.8 Å². The molecule has 106 valence electrons. The lowest BCUT2D eigenvalue weighted by Crippen LogP contribution is -2.26. The van der Waals surface area contributed by atoms with Crippen LogP contribution in [0.25, 0.3) is 0 Å². The van der Waals surface area contributed by atoms with Crippen LogP contribution >= 0.6 is 0 Å². The van der Waals surface area contributed by atoms with E-state index in [1.54, 1.807) is 18.2 Å². The summed E-state index contributed by atoms with van der Waals surface area (Å²) in [6.07, 6.45) is 0.551. The van der Waals surface area contributed by atoms with Crippen molar-refractivity contribution in [2.45, 2.75) is 24.7 Å². The summed E-state index contributed by atoms with van der Waals surface area (Å²) in [5, 5.41) is 3.00. The van der Waals surface area contributed by atoms with Crippen molar-refractivity contribution >= 4 is 21.6 Å². The fourth-order valence-electron chi connectivity index (χ4n) is 1.58. The molecule has 1 amide bonds. The molecule has 0 fully saturated rings. The second kappa shape index (κ2) is 7.10. The number of anilines is 1. The molecule has 0 saturated carbocycles. The quantitative estimate of drug-likeness (QED) is 0.611. The van der Waals surface area contributed by atoms with Gasteiger partial charge in [-0.1, -0.05) is 12.1 Å². The highest BCUT2D eigenvalue weighted by Gasteiger charge is 2.17. The van der Waals surface area contributed by atoms with Crippen LogP contribution in [0.4, 0.5) is 5.69 Å². The molecule has 0 radical (unpaired) electrons. The number of primary amides is 1. The summed E-state index contributed by atoms with van der Waals surface area (Å²) in [7, 11) is -3.58. The maximum absolute atomic E-state index is 12.1. The molecule has 0 bridgehead atoms. The Labute approximate surface area is 113 Å². The average Bonchev–Trinajstić information content (AvgIpc) is 2.35. The second-order valence-corrected chi connectivity index (χ2v) is 5.73. The second-order valence-electron chi connectivity index (χ2n) is 3.99. The molecule has 19 heavy (non-hydrogen) atoms. The number of carbonyl (C=O) groups is 1. The maximum Gasteiger partial charge on any atom is 0.242 e. The molecule has 0 unspecified atom stereocenters. The first-order chi connectivity index (χ1) is 8.97. The minimum atomic E-state index is -3.58. The Morgan fingerprint density at radius 1 is 1.32 bits per heavy atom. The van der Waals surface area contributed by atoms with E-state index in [1.165, 1.54) is 6.07 Å². The SMILES string of the molecule is CCNc1ccccc1S(=O)(=O)NCCCC(N)=O. The van der Waals surface area contributed by atoms with Crippen molar-refractivity contribution in [3.8, 4) is 0 Å². The van der Waals surface area contributed by atoms with Crippen molar-refractivity contribution in [3.63, 3.8) is 0 Å². The zero-order valence-corrected chi connectivity index (χ0v) is 11.7. The van der Waals surface area contributed by atoms with Crippen molar-refractivity contribution in [1.29, 1.82) is 0 Å². The number of para-hydroxylation sites is 1. The van der Waals surface area contributed by atoms with Crippen molar-refractivity contribution in [3.05, 3.63) is 24.3 Å². The van der Waals surface area contributed by atoms with E-state index in [2.05, 4.69) is 10.0 Å². The van der Waals surface area contributed by atoms with E-state index >= 15 is 0 Å². The normalized spacial score (nSPS) is 11.2. The molecule has 0 aliphatic heterocycles. The molecular formula is C12H19N3O3S. The number of carbonyl (C=O) groups excluding carboxylic acids is 1. The van der Waals surface area contributed by atoms with Gasteiger partial charge in [0.1, 0.15) is 4.90 Å². The number of benzene rings is 1. The predicted octanol–water partition coefficient (Wildman–Crippen LogP) is 0.662. The van der Waals surface area contributed by atoms with E-state index in [-0.39, 0.29) is 17.9 Å². The molecule has 0 aliphatic carbocycles. The number of nitrogens with one attached hydrogen (secondary N) is 2. The number of hydrogen-bond acceptors (Lipinski definition) is 4. The summed E-state index contributed by atoms with van der Waals surface area (Å²) in [6.45, 7) is 2.71. The van der Waals surface area contributed by atoms with E-state index < -0.39 is 15.9 Å². The largest absolute Gasteiger partial charge is 0.384 e. The summed E-state index contributed by atoms with van der Waals surface area (Å²) in [5.41, 5.74) is 5.55. The first-order valence-electron chi connectivity index (χ1n) is 6.08. The zero-order valence-electron chi connectivity index (χ0n) is 10.8. The molecule has 0 saturated heterocycles. The average molecular weight is 285 g/mol. The van der Waals surface area contributed by atoms with Crippen molar-refractivity contribution in [2.24, 2.45) is 5.73 Å². The van der Waals surface area contributed by atoms with Gasteiger partial charge in [-0.15, -0.1) is 0 Å². The van der Waals surface area contributed by atoms with Crippen LogP contribution in [-0.4, -0.2) is 27.4 Å². The smallest absolute Gasteiger partial charge is 0.242 e. The lowest BCUT2D eigenvalue weighted by Gasteiger charge is -2.11. The van der Waals surface area contributed by atoms with Crippen molar-refractivity contribution < 1.29 is 13.2 Å². The van der Waals surface area contributed by atoms with Gasteiger partial charge in [-0.25, -0.2) is 13.1 Å². The predicted molar refractivity (Wildman–Crippen MR) is 74.2 cm³/mol. The van der Waals surface area contributed by atoms with Gasteiger partial charge in [-0.3, -0.25) is 4.79 Å². The van der Waals surface area contributed by atoms with E-state index in [0.717, 1.165) is 0 Å². The van der Waals surface area contributed by atoms with E-state index in [4.69, 9.17) is 5.73 Å². The summed E-state index contributed by atoms with van der Waals surface area (Å²) in [5.74, 6) is -0.438. The highest BCUT2D eigenvalue weighted by molar-refractivity contribution is 7.89. The minimum absolute atomic E-state index is 0.164. The van der Waals surface area contributed by atoms with Gasteiger partial charge in [0.05, 0.1) is 5.69 Å². The summed E-state index contributed by atoms with van der Waals surface area (Å²) in [6, 6.07) is 6.68. The van der Waals surface area contributed by atoms with Crippen LogP contribution in [0.15, 0.2) is 29.2 Å². The maximum atomic E-state index is 12.1. The molecule has 4 N–H and O–H groups in total. The van der Waals surface area contributed by atoms with Gasteiger partial charge < -0.3 is 11.1 Å². The third-order valence-corrected chi connectivity index (χ3v) is 3.96. The van der Waals surface area contributed by atoms with Crippen molar-refractivity contribution in [1.82, 2.24) is 4.72 Å². The molecule has 1 aromatic carbocycles. The molecule has 1 aromatic rings. The minimum Gasteiger partial charge on any atom is -0.384 e. The van der Waals surface area contributed by atoms with Gasteiger partial charge in [-0.05, 0) is 25.5 Å². The summed E-state index contributed by atoms with van der Waals surface area (Å²) >= 11 is 0. The summed E-state index contributed by atoms with van der Waals surface area (Å²) < 4.78 is 26.7. The van der Waals surface area contributed by atoms with Crippen LogP contribution in [0.5, 0.6) is 0 Å². The lowest BCUT2D eigenvalue weighted by molar-refractivity contribution is -0.118. The Balaban J connectivity index is 2.74. The Kier molecular flexibility index (Phi) is 5.78. The first-order valence-corrected chi connectivity index (χ1v) is 7.56. The zero-order chi connectivity index (χ0) is 14.3. The fourth-order valence-corrected chi connectivity index (χ4v) is 2.84. The number of amides is 1. The Morgan fingerprint density at radius 2 is 2.00 bits per heavy atom. The number of nitrogens with two attached hydrogens (primary N) is 1. The Morgan fingerprint density at radius 3 is 2.63 bits per heavy atom. The number of rotatable bonds is 8. The highest BCUT2D eigenvalue weighted by Crippen LogP contribution is 2.20. The van der Waals surface area contributed by atoms with Crippen LogP contribution < -0.4 is 15.8 Å². The van der Waals surface area contributed by atoms with Gasteiger partial charge in [0.2, 0.25) is 15.9 Å². The van der Waals surface area contributed by atoms with Gasteiger partial charge in [-0.2, -0.15) is 0 Å². The fraction of sp³-hybridized carbons (Fsp3) is 0.417. The van der Waals surface area contributed by atoms with Gasteiger partial charge in [0, 0.05) is 19.5 Å². The highest BCUT2D eigenvalue weighted by atomic mass is 32.2. The third-order valence-electron chi connectivity index (χ3n) is 2.44. The number of hydrogen-bond donors (Lipinski definition) is 3. The molecular weight excluding hydrogens is 266 g/mol. The molecule has 0 aromatic heterocycles. The van der Waals surface area contributed by atoms with E-state index in [0.29, 0.717) is 18.7 Å². The third kappa shape index (κ3) is 4.88. The topological polar surface area (TPSA) is 101 Å². The molecule has 7 heteroatoms. The van der Waals surface area contributed by atoms with Crippen LogP contribution in [0.3, 0.4) is 0 Å². The first kappa shape index (κ1) is 15.5. The standard InChI is InChI=1S/C12H19N3O3S/c1-2-14-10-6-3-4-7-11(10)19(17,18)15-9-5-8-12(13)16/h3-4,6-7,14-15H,2,5,8-9H2,1H3,(H2,13,16). The van der Waals surface area contributed by atoms with Crippen LogP contribution in [0, 0.1) is 0 Å². The monoisotopic (exact) mass is 285 g/mol. The molecule has 0 atom stereocenters. The molecule has 6 nitrogen and oxygen atoms in total. The van der Waals surface area contributed by atoms with Gasteiger partial charge >= 0.3 is 0 Å². The lowest BCUT2D eigenvalue weighted by atomic mass is 10.3. The molecule has 0 aliphatic rings. The molecule has 0 heterocycles. The van der Waals surface area contributed by atoms with E-state index in [1.807, 2.05) is 6.92 Å². The summed E-state index contributed by atoms with van der Waals surface area (Å²) in [4.78, 5) is 10.8.